The highest BCUT2D eigenvalue weighted by molar-refractivity contribution is 7.99. The van der Waals surface area contributed by atoms with Gasteiger partial charge in [-0.15, -0.1) is 10.2 Å². The maximum absolute atomic E-state index is 12.5. The Morgan fingerprint density at radius 3 is 2.57 bits per heavy atom. The summed E-state index contributed by atoms with van der Waals surface area (Å²) in [5.41, 5.74) is 3.10. The van der Waals surface area contributed by atoms with Gasteiger partial charge in [0.05, 0.1) is 18.3 Å². The predicted octanol–water partition coefficient (Wildman–Crippen LogP) is 4.38. The standard InChI is InChI=1S/C23H29N5OS/c1-5-20(27(3)4)22-25-26-23(28(22)15-18-11-7-6-8-12-18)30-16-21(29)24-19-13-9-10-17(2)14-19/h6-14,20H,5,15-16H2,1-4H3,(H,24,29)/t20-/m0/s1. The van der Waals surface area contributed by atoms with Gasteiger partial charge in [-0.1, -0.05) is 61.2 Å². The molecule has 158 valence electrons. The third-order valence-electron chi connectivity index (χ3n) is 4.87. The number of carbonyl (C=O) groups is 1. The number of amides is 1. The van der Waals surface area contributed by atoms with Crippen LogP contribution in [0.25, 0.3) is 0 Å². The third-order valence-corrected chi connectivity index (χ3v) is 5.84. The topological polar surface area (TPSA) is 63.1 Å². The van der Waals surface area contributed by atoms with Crippen molar-refractivity contribution in [1.82, 2.24) is 19.7 Å². The fourth-order valence-corrected chi connectivity index (χ4v) is 4.14. The van der Waals surface area contributed by atoms with Gasteiger partial charge in [0.1, 0.15) is 0 Å². The Bertz CT molecular complexity index is 971. The molecule has 0 bridgehead atoms. The van der Waals surface area contributed by atoms with Crippen LogP contribution in [0.4, 0.5) is 5.69 Å². The number of thioether (sulfide) groups is 1. The SMILES string of the molecule is CC[C@@H](c1nnc(SCC(=O)Nc2cccc(C)c2)n1Cc1ccccc1)N(C)C. The molecule has 3 aromatic rings. The lowest BCUT2D eigenvalue weighted by atomic mass is 10.2. The van der Waals surface area contributed by atoms with E-state index in [1.54, 1.807) is 0 Å². The number of carbonyl (C=O) groups excluding carboxylic acids is 1. The molecule has 30 heavy (non-hydrogen) atoms. The van der Waals surface area contributed by atoms with Gasteiger partial charge in [0, 0.05) is 5.69 Å². The maximum atomic E-state index is 12.5. The van der Waals surface area contributed by atoms with E-state index in [-0.39, 0.29) is 17.7 Å². The average Bonchev–Trinajstić information content (AvgIpc) is 3.10. The maximum Gasteiger partial charge on any atom is 0.234 e. The van der Waals surface area contributed by atoms with Crippen LogP contribution in [0.15, 0.2) is 59.8 Å². The van der Waals surface area contributed by atoms with Crippen molar-refractivity contribution in [2.45, 2.75) is 38.0 Å². The summed E-state index contributed by atoms with van der Waals surface area (Å²) in [6.07, 6.45) is 0.929. The second-order valence-electron chi connectivity index (χ2n) is 7.51. The van der Waals surface area contributed by atoms with E-state index in [9.17, 15) is 4.79 Å². The quantitative estimate of drug-likeness (QED) is 0.518. The van der Waals surface area contributed by atoms with Crippen LogP contribution in [0.2, 0.25) is 0 Å². The van der Waals surface area contributed by atoms with Gasteiger partial charge in [0.25, 0.3) is 0 Å². The molecular formula is C23H29N5OS. The predicted molar refractivity (Wildman–Crippen MR) is 123 cm³/mol. The molecule has 0 aliphatic carbocycles. The van der Waals surface area contributed by atoms with Crippen LogP contribution in [-0.2, 0) is 11.3 Å². The Hall–Kier alpha value is -2.64. The Morgan fingerprint density at radius 1 is 1.13 bits per heavy atom. The van der Waals surface area contributed by atoms with Crippen LogP contribution in [-0.4, -0.2) is 45.4 Å². The van der Waals surface area contributed by atoms with Crippen molar-refractivity contribution in [3.63, 3.8) is 0 Å². The molecule has 1 atom stereocenters. The van der Waals surface area contributed by atoms with Crippen LogP contribution in [0.5, 0.6) is 0 Å². The second-order valence-corrected chi connectivity index (χ2v) is 8.45. The van der Waals surface area contributed by atoms with Crippen molar-refractivity contribution in [2.24, 2.45) is 0 Å². The molecule has 1 aromatic heterocycles. The summed E-state index contributed by atoms with van der Waals surface area (Å²) in [5, 5.41) is 12.6. The summed E-state index contributed by atoms with van der Waals surface area (Å²) in [5.74, 6) is 1.15. The molecular weight excluding hydrogens is 394 g/mol. The number of hydrogen-bond donors (Lipinski definition) is 1. The van der Waals surface area contributed by atoms with Crippen LogP contribution in [0, 0.1) is 6.92 Å². The molecule has 2 aromatic carbocycles. The van der Waals surface area contributed by atoms with E-state index < -0.39 is 0 Å². The Kier molecular flexibility index (Phi) is 7.65. The van der Waals surface area contributed by atoms with Crippen LogP contribution >= 0.6 is 11.8 Å². The number of hydrogen-bond acceptors (Lipinski definition) is 5. The number of aromatic nitrogens is 3. The lowest BCUT2D eigenvalue weighted by Gasteiger charge is -2.23. The number of rotatable bonds is 9. The van der Waals surface area contributed by atoms with Crippen LogP contribution < -0.4 is 5.32 Å². The van der Waals surface area contributed by atoms with Crippen molar-refractivity contribution >= 4 is 23.4 Å². The van der Waals surface area contributed by atoms with E-state index in [0.29, 0.717) is 6.54 Å². The molecule has 1 amide bonds. The highest BCUT2D eigenvalue weighted by Gasteiger charge is 2.22. The monoisotopic (exact) mass is 423 g/mol. The number of nitrogens with zero attached hydrogens (tertiary/aromatic N) is 4. The van der Waals surface area contributed by atoms with Crippen molar-refractivity contribution < 1.29 is 4.79 Å². The van der Waals surface area contributed by atoms with Gasteiger partial charge in [-0.25, -0.2) is 0 Å². The summed E-state index contributed by atoms with van der Waals surface area (Å²) in [4.78, 5) is 14.6. The van der Waals surface area contributed by atoms with E-state index >= 15 is 0 Å². The first kappa shape index (κ1) is 22.1. The lowest BCUT2D eigenvalue weighted by Crippen LogP contribution is -2.23. The highest BCUT2D eigenvalue weighted by Crippen LogP contribution is 2.26. The molecule has 0 saturated carbocycles. The number of benzene rings is 2. The van der Waals surface area contributed by atoms with Gasteiger partial charge >= 0.3 is 0 Å². The fraction of sp³-hybridized carbons (Fsp3) is 0.348. The summed E-state index contributed by atoms with van der Waals surface area (Å²) < 4.78 is 2.13. The molecule has 0 fully saturated rings. The van der Waals surface area contributed by atoms with Gasteiger partial charge in [0.2, 0.25) is 5.91 Å². The van der Waals surface area contributed by atoms with Gasteiger partial charge in [-0.3, -0.25) is 9.69 Å². The number of nitrogens with one attached hydrogen (secondary N) is 1. The highest BCUT2D eigenvalue weighted by atomic mass is 32.2. The molecule has 0 aliphatic heterocycles. The molecule has 6 nitrogen and oxygen atoms in total. The normalized spacial score (nSPS) is 12.2. The van der Waals surface area contributed by atoms with Crippen molar-refractivity contribution in [3.8, 4) is 0 Å². The molecule has 0 unspecified atom stereocenters. The average molecular weight is 424 g/mol. The molecule has 0 radical (unpaired) electrons. The second kappa shape index (κ2) is 10.4. The largest absolute Gasteiger partial charge is 0.325 e. The zero-order valence-electron chi connectivity index (χ0n) is 18.0. The first-order chi connectivity index (χ1) is 14.5. The van der Waals surface area contributed by atoms with Gasteiger partial charge in [0.15, 0.2) is 11.0 Å². The van der Waals surface area contributed by atoms with E-state index in [1.165, 1.54) is 17.3 Å². The minimum absolute atomic E-state index is 0.0546. The summed E-state index contributed by atoms with van der Waals surface area (Å²) >= 11 is 1.42. The van der Waals surface area contributed by atoms with Gasteiger partial charge in [-0.2, -0.15) is 0 Å². The van der Waals surface area contributed by atoms with E-state index in [0.717, 1.165) is 28.7 Å². The third kappa shape index (κ3) is 5.70. The summed E-state index contributed by atoms with van der Waals surface area (Å²) in [7, 11) is 4.11. The Morgan fingerprint density at radius 2 is 1.90 bits per heavy atom. The smallest absolute Gasteiger partial charge is 0.234 e. The van der Waals surface area contributed by atoms with Crippen molar-refractivity contribution in [3.05, 3.63) is 71.5 Å². The molecule has 0 spiro atoms. The van der Waals surface area contributed by atoms with E-state index in [2.05, 4.69) is 58.1 Å². The number of aryl methyl sites for hydroxylation is 1. The van der Waals surface area contributed by atoms with Crippen molar-refractivity contribution in [1.29, 1.82) is 0 Å². The van der Waals surface area contributed by atoms with Gasteiger partial charge < -0.3 is 9.88 Å². The first-order valence-corrected chi connectivity index (χ1v) is 11.1. The van der Waals surface area contributed by atoms with Crippen LogP contribution in [0.1, 0.15) is 36.3 Å². The Balaban J connectivity index is 1.77. The number of anilines is 1. The zero-order chi connectivity index (χ0) is 21.5. The summed E-state index contributed by atoms with van der Waals surface area (Å²) in [6, 6.07) is 18.2. The van der Waals surface area contributed by atoms with E-state index in [4.69, 9.17) is 0 Å². The summed E-state index contributed by atoms with van der Waals surface area (Å²) in [6.45, 7) is 4.83. The first-order valence-electron chi connectivity index (χ1n) is 10.1. The van der Waals surface area contributed by atoms with Crippen LogP contribution in [0.3, 0.4) is 0 Å². The molecule has 3 rings (SSSR count). The molecule has 1 heterocycles. The Labute approximate surface area is 182 Å². The van der Waals surface area contributed by atoms with Gasteiger partial charge in [-0.05, 0) is 50.7 Å². The van der Waals surface area contributed by atoms with Crippen molar-refractivity contribution in [2.75, 3.05) is 25.2 Å². The minimum Gasteiger partial charge on any atom is -0.325 e. The fourth-order valence-electron chi connectivity index (χ4n) is 3.40. The molecule has 0 saturated heterocycles. The minimum atomic E-state index is -0.0546. The van der Waals surface area contributed by atoms with E-state index in [1.807, 2.05) is 49.4 Å². The molecule has 7 heteroatoms. The molecule has 0 aliphatic rings. The zero-order valence-corrected chi connectivity index (χ0v) is 18.8. The lowest BCUT2D eigenvalue weighted by molar-refractivity contribution is -0.113. The molecule has 1 N–H and O–H groups in total.